The second kappa shape index (κ2) is 5.01. The van der Waals surface area contributed by atoms with Crippen LogP contribution >= 0.6 is 0 Å². The van der Waals surface area contributed by atoms with Crippen LogP contribution in [0.5, 0.6) is 0 Å². The standard InChI is InChI=1S/C12H21NO4S/c1-6-8-9-10(11(14)17-7-2)13(9)18(15,16)12(3,4)5/h6,8-10H,7H2,1-5H3/b8-6+/t9-,10-,13?/m1/s1. The van der Waals surface area contributed by atoms with E-state index < -0.39 is 32.8 Å². The van der Waals surface area contributed by atoms with Crippen LogP contribution in [0.1, 0.15) is 34.6 Å². The molecular formula is C12H21NO4S. The lowest BCUT2D eigenvalue weighted by Gasteiger charge is -2.20. The molecule has 0 aliphatic carbocycles. The van der Waals surface area contributed by atoms with Gasteiger partial charge in [-0.2, -0.15) is 4.31 Å². The van der Waals surface area contributed by atoms with Gasteiger partial charge in [-0.05, 0) is 34.6 Å². The Kier molecular flexibility index (Phi) is 4.23. The normalized spacial score (nSPS) is 28.4. The summed E-state index contributed by atoms with van der Waals surface area (Å²) in [6.07, 6.45) is 3.46. The summed E-state index contributed by atoms with van der Waals surface area (Å²) in [6, 6.07) is -1.11. The fourth-order valence-electron chi connectivity index (χ4n) is 1.71. The predicted molar refractivity (Wildman–Crippen MR) is 69.5 cm³/mol. The summed E-state index contributed by atoms with van der Waals surface area (Å²) in [7, 11) is -3.51. The molecule has 5 nitrogen and oxygen atoms in total. The van der Waals surface area contributed by atoms with Crippen LogP contribution in [0.15, 0.2) is 12.2 Å². The molecule has 1 aliphatic rings. The van der Waals surface area contributed by atoms with E-state index in [0.717, 1.165) is 0 Å². The molecule has 0 aromatic heterocycles. The van der Waals surface area contributed by atoms with Crippen LogP contribution in [-0.2, 0) is 19.6 Å². The average Bonchev–Trinajstić information content (AvgIpc) is 2.92. The van der Waals surface area contributed by atoms with Gasteiger partial charge in [0.25, 0.3) is 0 Å². The molecule has 1 aliphatic heterocycles. The van der Waals surface area contributed by atoms with Gasteiger partial charge in [0.15, 0.2) is 0 Å². The lowest BCUT2D eigenvalue weighted by atomic mass is 10.3. The zero-order valence-corrected chi connectivity index (χ0v) is 12.3. The van der Waals surface area contributed by atoms with Gasteiger partial charge in [0.2, 0.25) is 10.0 Å². The van der Waals surface area contributed by atoms with E-state index in [2.05, 4.69) is 0 Å². The third-order valence-corrected chi connectivity index (χ3v) is 5.34. The minimum Gasteiger partial charge on any atom is -0.465 e. The van der Waals surface area contributed by atoms with Crippen LogP contribution in [0.2, 0.25) is 0 Å². The van der Waals surface area contributed by atoms with Gasteiger partial charge < -0.3 is 4.74 Å². The summed E-state index contributed by atoms with van der Waals surface area (Å²) in [4.78, 5) is 11.7. The quantitative estimate of drug-likeness (QED) is 0.441. The van der Waals surface area contributed by atoms with Crippen LogP contribution in [0.4, 0.5) is 0 Å². The first-order valence-corrected chi connectivity index (χ1v) is 7.45. The zero-order valence-electron chi connectivity index (χ0n) is 11.5. The Morgan fingerprint density at radius 2 is 1.94 bits per heavy atom. The van der Waals surface area contributed by atoms with Crippen LogP contribution in [0.3, 0.4) is 0 Å². The summed E-state index contributed by atoms with van der Waals surface area (Å²) in [5.41, 5.74) is 0. The highest BCUT2D eigenvalue weighted by atomic mass is 32.2. The number of allylic oxidation sites excluding steroid dienone is 1. The molecule has 1 unspecified atom stereocenters. The molecule has 0 N–H and O–H groups in total. The Labute approximate surface area is 109 Å². The van der Waals surface area contributed by atoms with E-state index in [1.54, 1.807) is 46.8 Å². The molecule has 0 amide bonds. The topological polar surface area (TPSA) is 63.5 Å². The molecule has 0 aromatic carbocycles. The number of rotatable bonds is 4. The van der Waals surface area contributed by atoms with E-state index in [0.29, 0.717) is 0 Å². The van der Waals surface area contributed by atoms with Crippen molar-refractivity contribution >= 4 is 16.0 Å². The maximum absolute atomic E-state index is 12.3. The fraction of sp³-hybridized carbons (Fsp3) is 0.750. The summed E-state index contributed by atoms with van der Waals surface area (Å²) >= 11 is 0. The van der Waals surface area contributed by atoms with Crippen molar-refractivity contribution in [2.24, 2.45) is 0 Å². The largest absolute Gasteiger partial charge is 0.465 e. The van der Waals surface area contributed by atoms with Crippen LogP contribution in [-0.4, -0.2) is 42.1 Å². The van der Waals surface area contributed by atoms with Gasteiger partial charge >= 0.3 is 5.97 Å². The number of ether oxygens (including phenoxy) is 1. The molecule has 1 rings (SSSR count). The molecule has 1 heterocycles. The van der Waals surface area contributed by atoms with Crippen molar-refractivity contribution in [2.45, 2.75) is 51.4 Å². The Bertz CT molecular complexity index is 447. The van der Waals surface area contributed by atoms with Gasteiger partial charge in [0, 0.05) is 0 Å². The Hall–Kier alpha value is -0.880. The fourth-order valence-corrected chi connectivity index (χ4v) is 3.31. The first-order chi connectivity index (χ1) is 8.18. The van der Waals surface area contributed by atoms with E-state index >= 15 is 0 Å². The third-order valence-electron chi connectivity index (χ3n) is 2.77. The number of carbonyl (C=O) groups is 1. The second-order valence-corrected chi connectivity index (χ2v) is 7.76. The summed E-state index contributed by atoms with van der Waals surface area (Å²) < 4.78 is 29.8. The number of sulfonamides is 1. The summed E-state index contributed by atoms with van der Waals surface area (Å²) in [5.74, 6) is -0.478. The number of hydrogen-bond acceptors (Lipinski definition) is 4. The highest BCUT2D eigenvalue weighted by Gasteiger charge is 2.61. The number of hydrogen-bond donors (Lipinski definition) is 0. The maximum Gasteiger partial charge on any atom is 0.326 e. The first kappa shape index (κ1) is 15.2. The molecule has 18 heavy (non-hydrogen) atoms. The zero-order chi connectivity index (χ0) is 14.1. The highest BCUT2D eigenvalue weighted by Crippen LogP contribution is 2.39. The lowest BCUT2D eigenvalue weighted by molar-refractivity contribution is -0.143. The average molecular weight is 275 g/mol. The molecule has 0 spiro atoms. The Morgan fingerprint density at radius 1 is 1.39 bits per heavy atom. The highest BCUT2D eigenvalue weighted by molar-refractivity contribution is 7.90. The van der Waals surface area contributed by atoms with Gasteiger partial charge in [-0.1, -0.05) is 12.2 Å². The molecule has 0 saturated carbocycles. The van der Waals surface area contributed by atoms with Crippen LogP contribution in [0, 0.1) is 0 Å². The van der Waals surface area contributed by atoms with Crippen molar-refractivity contribution < 1.29 is 17.9 Å². The van der Waals surface area contributed by atoms with Gasteiger partial charge in [-0.15, -0.1) is 0 Å². The number of nitrogens with zero attached hydrogens (tertiary/aromatic N) is 1. The van der Waals surface area contributed by atoms with Crippen LogP contribution in [0.25, 0.3) is 0 Å². The Balaban J connectivity index is 2.99. The summed E-state index contributed by atoms with van der Waals surface area (Å²) in [5, 5.41) is 0. The van der Waals surface area contributed by atoms with E-state index in [1.165, 1.54) is 4.31 Å². The van der Waals surface area contributed by atoms with Gasteiger partial charge in [0.1, 0.15) is 6.04 Å². The molecule has 1 saturated heterocycles. The second-order valence-electron chi connectivity index (χ2n) is 5.16. The first-order valence-electron chi connectivity index (χ1n) is 6.01. The number of esters is 1. The molecule has 0 aromatic rings. The van der Waals surface area contributed by atoms with E-state index in [1.807, 2.05) is 0 Å². The minimum absolute atomic E-state index is 0.251. The maximum atomic E-state index is 12.3. The SMILES string of the molecule is C/C=C/[C@@H]1[C@H](C(=O)OCC)N1S(=O)(=O)C(C)(C)C. The molecule has 0 radical (unpaired) electrons. The monoisotopic (exact) mass is 275 g/mol. The molecule has 6 heteroatoms. The molecular weight excluding hydrogens is 254 g/mol. The van der Waals surface area contributed by atoms with Crippen molar-refractivity contribution in [1.29, 1.82) is 0 Å². The van der Waals surface area contributed by atoms with E-state index in [-0.39, 0.29) is 6.61 Å². The van der Waals surface area contributed by atoms with Crippen molar-refractivity contribution in [1.82, 2.24) is 4.31 Å². The van der Waals surface area contributed by atoms with Crippen molar-refractivity contribution in [3.8, 4) is 0 Å². The number of carbonyl (C=O) groups excluding carboxylic acids is 1. The summed E-state index contributed by atoms with van der Waals surface area (Å²) in [6.45, 7) is 8.61. The molecule has 104 valence electrons. The predicted octanol–water partition coefficient (Wildman–Crippen LogP) is 1.31. The van der Waals surface area contributed by atoms with Crippen molar-refractivity contribution in [3.63, 3.8) is 0 Å². The third kappa shape index (κ3) is 2.59. The van der Waals surface area contributed by atoms with Crippen molar-refractivity contribution in [2.75, 3.05) is 6.61 Å². The van der Waals surface area contributed by atoms with E-state index in [9.17, 15) is 13.2 Å². The van der Waals surface area contributed by atoms with Gasteiger partial charge in [-0.3, -0.25) is 4.79 Å². The molecule has 0 bridgehead atoms. The van der Waals surface area contributed by atoms with Gasteiger partial charge in [0.05, 0.1) is 17.4 Å². The minimum atomic E-state index is -3.51. The molecule has 1 fully saturated rings. The van der Waals surface area contributed by atoms with Crippen molar-refractivity contribution in [3.05, 3.63) is 12.2 Å². The smallest absolute Gasteiger partial charge is 0.326 e. The lowest BCUT2D eigenvalue weighted by Crippen LogP contribution is -2.36. The van der Waals surface area contributed by atoms with E-state index in [4.69, 9.17) is 4.74 Å². The van der Waals surface area contributed by atoms with Gasteiger partial charge in [-0.25, -0.2) is 8.42 Å². The molecule has 3 atom stereocenters. The van der Waals surface area contributed by atoms with Crippen LogP contribution < -0.4 is 0 Å². The Morgan fingerprint density at radius 3 is 2.33 bits per heavy atom.